The van der Waals surface area contributed by atoms with Crippen LogP contribution in [0.15, 0.2) is 23.3 Å². The molecule has 21 heteroatoms. The molecule has 0 bridgehead atoms. The summed E-state index contributed by atoms with van der Waals surface area (Å²) in [4.78, 5) is 0. The topological polar surface area (TPSA) is 120 Å². The van der Waals surface area contributed by atoms with E-state index in [-0.39, 0.29) is 13.1 Å². The van der Waals surface area contributed by atoms with Crippen LogP contribution < -0.4 is 15.9 Å². The average Bonchev–Trinajstić information content (AvgIpc) is 2.71. The quantitative estimate of drug-likeness (QED) is 0.120. The molecule has 0 aliphatic rings. The Bertz CT molecular complexity index is 959. The molecule has 36 heavy (non-hydrogen) atoms. The Hall–Kier alpha value is -2.10. The molecule has 1 aromatic carbocycles. The Morgan fingerprint density at radius 1 is 0.861 bits per heavy atom. The van der Waals surface area contributed by atoms with Crippen LogP contribution in [0.25, 0.3) is 0 Å². The zero-order valence-corrected chi connectivity index (χ0v) is 17.7. The SMILES string of the molecule is C[C@@H](C=NNc1ccc([NH+]([O-])O)cc1[NH+]([O-])O)C(F)(F)C(F)(F)C(F)(F)C(F)(F)C(F)(F)C(F)(F)Cl. The van der Waals surface area contributed by atoms with Gasteiger partial charge in [0.05, 0.1) is 12.0 Å². The highest BCUT2D eigenvalue weighted by atomic mass is 35.5. The van der Waals surface area contributed by atoms with Gasteiger partial charge in [-0.2, -0.15) is 68.2 Å². The molecule has 1 aromatic rings. The summed E-state index contributed by atoms with van der Waals surface area (Å²) in [5.74, 6) is -40.1. The molecule has 0 amide bonds. The summed E-state index contributed by atoms with van der Waals surface area (Å²) >= 11 is 3.60. The van der Waals surface area contributed by atoms with Gasteiger partial charge in [-0.1, -0.05) is 6.92 Å². The van der Waals surface area contributed by atoms with Crippen LogP contribution >= 0.6 is 11.6 Å². The van der Waals surface area contributed by atoms with E-state index in [1.54, 1.807) is 5.43 Å². The predicted octanol–water partition coefficient (Wildman–Crippen LogP) is 3.54. The first-order valence-corrected chi connectivity index (χ1v) is 9.11. The number of nitrogens with one attached hydrogen (secondary N) is 3. The number of alkyl halides is 13. The van der Waals surface area contributed by atoms with Crippen molar-refractivity contribution < 1.29 is 73.6 Å². The molecule has 0 fully saturated rings. The lowest BCUT2D eigenvalue weighted by Gasteiger charge is -2.41. The molecule has 0 saturated heterocycles. The van der Waals surface area contributed by atoms with Crippen LogP contribution in [0.2, 0.25) is 0 Å². The highest BCUT2D eigenvalue weighted by Crippen LogP contribution is 2.61. The minimum atomic E-state index is -7.80. The highest BCUT2D eigenvalue weighted by molar-refractivity contribution is 6.22. The summed E-state index contributed by atoms with van der Waals surface area (Å²) < 4.78 is 161. The van der Waals surface area contributed by atoms with Crippen LogP contribution in [0.4, 0.5) is 69.7 Å². The van der Waals surface area contributed by atoms with E-state index in [2.05, 4.69) is 16.7 Å². The Balaban J connectivity index is 3.30. The molecule has 0 aliphatic carbocycles. The number of quaternary nitrogens is 2. The first-order chi connectivity index (χ1) is 15.9. The zero-order chi connectivity index (χ0) is 28.7. The maximum Gasteiger partial charge on any atom is 0.393 e. The first kappa shape index (κ1) is 31.9. The lowest BCUT2D eigenvalue weighted by molar-refractivity contribution is -0.996. The number of halogens is 13. The molecule has 0 aromatic heterocycles. The van der Waals surface area contributed by atoms with Crippen molar-refractivity contribution in [2.45, 2.75) is 41.9 Å². The van der Waals surface area contributed by atoms with Crippen molar-refractivity contribution in [3.63, 3.8) is 0 Å². The van der Waals surface area contributed by atoms with Crippen molar-refractivity contribution >= 4 is 34.9 Å². The molecule has 0 spiro atoms. The van der Waals surface area contributed by atoms with Crippen molar-refractivity contribution in [1.29, 1.82) is 0 Å². The molecule has 8 nitrogen and oxygen atoms in total. The molecule has 1 rings (SSSR count). The number of anilines is 1. The van der Waals surface area contributed by atoms with Crippen molar-refractivity contribution in [2.75, 3.05) is 5.43 Å². The van der Waals surface area contributed by atoms with Gasteiger partial charge in [0.2, 0.25) is 0 Å². The summed E-state index contributed by atoms with van der Waals surface area (Å²) in [6.07, 6.45) is -0.340. The summed E-state index contributed by atoms with van der Waals surface area (Å²) in [6.45, 7) is -0.0345. The van der Waals surface area contributed by atoms with E-state index in [1.165, 1.54) is 0 Å². The van der Waals surface area contributed by atoms with Crippen LogP contribution in [-0.4, -0.2) is 51.6 Å². The summed E-state index contributed by atoms with van der Waals surface area (Å²) in [7, 11) is 0. The largest absolute Gasteiger partial charge is 0.595 e. The van der Waals surface area contributed by atoms with E-state index in [4.69, 9.17) is 10.4 Å². The lowest BCUT2D eigenvalue weighted by Crippen LogP contribution is -3.00. The van der Waals surface area contributed by atoms with E-state index < -0.39 is 68.4 Å². The number of rotatable bonds is 11. The lowest BCUT2D eigenvalue weighted by atomic mass is 9.89. The second-order valence-electron chi connectivity index (χ2n) is 6.97. The smallest absolute Gasteiger partial charge is 0.393 e. The number of hydrogen-bond acceptors (Lipinski definition) is 6. The van der Waals surface area contributed by atoms with Gasteiger partial charge < -0.3 is 10.4 Å². The molecule has 3 atom stereocenters. The molecular formula is C15H13ClF12N4O4. The molecule has 0 heterocycles. The van der Waals surface area contributed by atoms with E-state index in [0.29, 0.717) is 12.1 Å². The third-order valence-corrected chi connectivity index (χ3v) is 4.75. The molecule has 5 N–H and O–H groups in total. The van der Waals surface area contributed by atoms with E-state index >= 15 is 0 Å². The molecule has 0 radical (unpaired) electrons. The average molecular weight is 577 g/mol. The third-order valence-electron chi connectivity index (χ3n) is 4.51. The Morgan fingerprint density at radius 2 is 1.33 bits per heavy atom. The van der Waals surface area contributed by atoms with Gasteiger partial charge in [-0.3, -0.25) is 5.43 Å². The summed E-state index contributed by atoms with van der Waals surface area (Å²) in [6, 6.07) is 2.03. The fourth-order valence-corrected chi connectivity index (χ4v) is 2.45. The van der Waals surface area contributed by atoms with Crippen molar-refractivity contribution in [3.8, 4) is 0 Å². The van der Waals surface area contributed by atoms with Crippen molar-refractivity contribution in [1.82, 2.24) is 0 Å². The predicted molar refractivity (Wildman–Crippen MR) is 94.8 cm³/mol. The van der Waals surface area contributed by atoms with Crippen LogP contribution in [-0.2, 0) is 0 Å². The summed E-state index contributed by atoms with van der Waals surface area (Å²) in [5.41, 5.74) is -0.407. The van der Waals surface area contributed by atoms with Gasteiger partial charge in [0.15, 0.2) is 11.4 Å². The second-order valence-corrected chi connectivity index (χ2v) is 7.44. The van der Waals surface area contributed by atoms with E-state index in [1.807, 2.05) is 0 Å². The number of hydrazone groups is 1. The zero-order valence-electron chi connectivity index (χ0n) is 17.0. The molecule has 208 valence electrons. The van der Waals surface area contributed by atoms with Gasteiger partial charge in [-0.15, -0.1) is 0 Å². The van der Waals surface area contributed by atoms with Gasteiger partial charge in [-0.25, -0.2) is 10.4 Å². The number of benzene rings is 1. The minimum Gasteiger partial charge on any atom is -0.595 e. The molecular weight excluding hydrogens is 564 g/mol. The van der Waals surface area contributed by atoms with Crippen LogP contribution in [0, 0.1) is 16.3 Å². The number of hydrogen-bond donors (Lipinski definition) is 5. The Morgan fingerprint density at radius 3 is 1.75 bits per heavy atom. The fourth-order valence-electron chi connectivity index (χ4n) is 2.33. The number of nitrogens with zero attached hydrogens (tertiary/aromatic N) is 1. The molecule has 0 aliphatic heterocycles. The third kappa shape index (κ3) is 5.29. The van der Waals surface area contributed by atoms with Gasteiger partial charge in [-0.05, 0) is 17.7 Å². The monoisotopic (exact) mass is 576 g/mol. The summed E-state index contributed by atoms with van der Waals surface area (Å²) in [5, 5.41) is 32.7. The van der Waals surface area contributed by atoms with Crippen LogP contribution in [0.5, 0.6) is 0 Å². The van der Waals surface area contributed by atoms with Crippen molar-refractivity contribution in [3.05, 3.63) is 28.6 Å². The maximum atomic E-state index is 14.1. The maximum absolute atomic E-state index is 14.1. The molecule has 0 saturated carbocycles. The van der Waals surface area contributed by atoms with E-state index in [0.717, 1.165) is 6.07 Å². The van der Waals surface area contributed by atoms with E-state index in [9.17, 15) is 63.1 Å². The first-order valence-electron chi connectivity index (χ1n) is 8.73. The van der Waals surface area contributed by atoms with Gasteiger partial charge in [0.1, 0.15) is 5.69 Å². The fraction of sp³-hybridized carbons (Fsp3) is 0.533. The van der Waals surface area contributed by atoms with Gasteiger partial charge in [0, 0.05) is 12.3 Å². The minimum absolute atomic E-state index is 0.0345. The molecule has 2 unspecified atom stereocenters. The highest BCUT2D eigenvalue weighted by Gasteiger charge is 2.90. The van der Waals surface area contributed by atoms with Crippen LogP contribution in [0.3, 0.4) is 0 Å². The van der Waals surface area contributed by atoms with Gasteiger partial charge in [0.25, 0.3) is 0 Å². The Kier molecular flexibility index (Phi) is 8.86. The van der Waals surface area contributed by atoms with Gasteiger partial charge >= 0.3 is 35.0 Å². The second kappa shape index (κ2) is 9.99. The normalized spacial score (nSPS) is 17.3. The Labute approximate surface area is 196 Å². The van der Waals surface area contributed by atoms with Crippen molar-refractivity contribution in [2.24, 2.45) is 11.0 Å². The van der Waals surface area contributed by atoms with Crippen LogP contribution in [0.1, 0.15) is 6.92 Å². The standard InChI is InChI=1S/C15H13ClF12N4O4/c1-6(5-29-30-8-3-2-7(31(33)34)4-9(8)32(35)36)10(17,18)11(19,20)12(21,22)13(23,24)14(25,26)15(16,27)28/h2-6,30-33,35H,1H3/t6-/m0/s1.